The molecule has 0 bridgehead atoms. The summed E-state index contributed by atoms with van der Waals surface area (Å²) < 4.78 is 27.1. The topological polar surface area (TPSA) is 173 Å². The summed E-state index contributed by atoms with van der Waals surface area (Å²) >= 11 is 0. The van der Waals surface area contributed by atoms with Gasteiger partial charge in [0.05, 0.1) is 33.3 Å². The molecule has 1 aliphatic rings. The Labute approximate surface area is 205 Å². The van der Waals surface area contributed by atoms with E-state index in [1.165, 1.54) is 45.6 Å². The molecule has 0 aliphatic carbocycles. The number of amides is 2. The van der Waals surface area contributed by atoms with Gasteiger partial charge in [-0.2, -0.15) is 0 Å². The van der Waals surface area contributed by atoms with Crippen molar-refractivity contribution >= 4 is 29.6 Å². The van der Waals surface area contributed by atoms with Crippen LogP contribution in [0.2, 0.25) is 0 Å². The van der Waals surface area contributed by atoms with Crippen molar-refractivity contribution in [2.24, 2.45) is 5.73 Å². The minimum atomic E-state index is -1.47. The summed E-state index contributed by atoms with van der Waals surface area (Å²) in [7, 11) is 4.41. The second kappa shape index (κ2) is 11.1. The third-order valence-corrected chi connectivity index (χ3v) is 5.07. The van der Waals surface area contributed by atoms with Gasteiger partial charge in [-0.1, -0.05) is 0 Å². The molecule has 0 saturated carbocycles. The van der Waals surface area contributed by atoms with Crippen molar-refractivity contribution in [3.8, 4) is 28.7 Å². The molecular formula is C24H24N2O10. The number of aliphatic carboxylic acids is 1. The summed E-state index contributed by atoms with van der Waals surface area (Å²) in [6, 6.07) is 6.24. The predicted octanol–water partition coefficient (Wildman–Crippen LogP) is 1.15. The van der Waals surface area contributed by atoms with Crippen LogP contribution in [-0.4, -0.2) is 62.7 Å². The van der Waals surface area contributed by atoms with Gasteiger partial charge in [-0.05, 0) is 30.3 Å². The number of rotatable bonds is 11. The lowest BCUT2D eigenvalue weighted by Crippen LogP contribution is -2.45. The number of ether oxygens (including phenoxy) is 5. The van der Waals surface area contributed by atoms with E-state index in [1.807, 2.05) is 0 Å². The Morgan fingerprint density at radius 2 is 1.81 bits per heavy atom. The Morgan fingerprint density at radius 1 is 1.08 bits per heavy atom. The van der Waals surface area contributed by atoms with E-state index < -0.39 is 36.9 Å². The largest absolute Gasteiger partial charge is 0.493 e. The predicted molar refractivity (Wildman–Crippen MR) is 124 cm³/mol. The molecule has 0 fully saturated rings. The number of hydrogen-bond donors (Lipinski definition) is 3. The van der Waals surface area contributed by atoms with E-state index in [4.69, 9.17) is 34.5 Å². The van der Waals surface area contributed by atoms with E-state index >= 15 is 0 Å². The first kappa shape index (κ1) is 25.9. The number of carbonyl (C=O) groups is 4. The molecule has 0 spiro atoms. The maximum atomic E-state index is 12.8. The van der Waals surface area contributed by atoms with Crippen molar-refractivity contribution in [1.29, 1.82) is 0 Å². The monoisotopic (exact) mass is 500 g/mol. The Bertz CT molecular complexity index is 1240. The van der Waals surface area contributed by atoms with Gasteiger partial charge in [0.15, 0.2) is 23.9 Å². The van der Waals surface area contributed by atoms with E-state index in [1.54, 1.807) is 12.1 Å². The number of carboxylic acids is 1. The van der Waals surface area contributed by atoms with Gasteiger partial charge in [0.1, 0.15) is 17.5 Å². The second-order valence-corrected chi connectivity index (χ2v) is 7.44. The summed E-state index contributed by atoms with van der Waals surface area (Å²) in [6.07, 6.45) is 0.942. The maximum Gasteiger partial charge on any atom is 0.326 e. The van der Waals surface area contributed by atoms with Crippen molar-refractivity contribution in [2.75, 3.05) is 27.9 Å². The maximum absolute atomic E-state index is 12.8. The zero-order valence-electron chi connectivity index (χ0n) is 19.7. The SMILES string of the molecule is COc1ccc(C=C2Oc3cc(OCC(=O)N[C@@H](CC(N)=O)C(=O)O)ccc3C2=O)c(OC)c1OC. The summed E-state index contributed by atoms with van der Waals surface area (Å²) in [6.45, 7) is -0.541. The van der Waals surface area contributed by atoms with Crippen LogP contribution in [0.3, 0.4) is 0 Å². The van der Waals surface area contributed by atoms with Crippen molar-refractivity contribution in [2.45, 2.75) is 12.5 Å². The van der Waals surface area contributed by atoms with Crippen LogP contribution in [0.5, 0.6) is 28.7 Å². The quantitative estimate of drug-likeness (QED) is 0.380. The van der Waals surface area contributed by atoms with Crippen LogP contribution in [0.4, 0.5) is 0 Å². The van der Waals surface area contributed by atoms with E-state index in [2.05, 4.69) is 5.32 Å². The Balaban J connectivity index is 1.74. The van der Waals surface area contributed by atoms with Crippen LogP contribution in [0.25, 0.3) is 6.08 Å². The Kier molecular flexibility index (Phi) is 8.00. The molecular weight excluding hydrogens is 476 g/mol. The van der Waals surface area contributed by atoms with Crippen molar-refractivity contribution in [3.05, 3.63) is 47.2 Å². The average molecular weight is 500 g/mol. The highest BCUT2D eigenvalue weighted by atomic mass is 16.5. The molecule has 0 unspecified atom stereocenters. The van der Waals surface area contributed by atoms with E-state index in [9.17, 15) is 19.2 Å². The number of allylic oxidation sites excluding steroid dienone is 1. The third-order valence-electron chi connectivity index (χ3n) is 5.07. The molecule has 4 N–H and O–H groups in total. The number of fused-ring (bicyclic) bond motifs is 1. The number of ketones is 1. The molecule has 12 heteroatoms. The van der Waals surface area contributed by atoms with Gasteiger partial charge in [-0.25, -0.2) is 4.79 Å². The van der Waals surface area contributed by atoms with Crippen LogP contribution in [0.1, 0.15) is 22.3 Å². The molecule has 12 nitrogen and oxygen atoms in total. The molecule has 2 aromatic carbocycles. The number of carboxylic acid groups (broad SMARTS) is 1. The lowest BCUT2D eigenvalue weighted by molar-refractivity contribution is -0.143. The molecule has 190 valence electrons. The summed E-state index contributed by atoms with van der Waals surface area (Å²) in [4.78, 5) is 47.0. The number of nitrogens with one attached hydrogen (secondary N) is 1. The van der Waals surface area contributed by atoms with Gasteiger partial charge in [-0.3, -0.25) is 14.4 Å². The standard InChI is InChI=1S/C24H24N2O10/c1-32-16-7-4-12(22(33-2)23(16)34-3)8-18-21(29)14-6-5-13(9-17(14)36-18)35-11-20(28)26-15(24(30)31)10-19(25)27/h4-9,15H,10-11H2,1-3H3,(H2,25,27)(H,26,28)(H,30,31)/t15-/m0/s1. The van der Waals surface area contributed by atoms with Crippen molar-refractivity contribution in [3.63, 3.8) is 0 Å². The first-order valence-electron chi connectivity index (χ1n) is 10.5. The normalized spacial score (nSPS) is 13.9. The lowest BCUT2D eigenvalue weighted by atomic mass is 10.1. The number of hydrogen-bond acceptors (Lipinski definition) is 9. The van der Waals surface area contributed by atoms with Crippen LogP contribution in [0.15, 0.2) is 36.1 Å². The molecule has 3 rings (SSSR count). The minimum Gasteiger partial charge on any atom is -0.493 e. The number of benzene rings is 2. The molecule has 2 amide bonds. The molecule has 1 aliphatic heterocycles. The number of Topliss-reactive ketones (excluding diaryl/α,β-unsaturated/α-hetero) is 1. The molecule has 1 heterocycles. The summed E-state index contributed by atoms with van der Waals surface area (Å²) in [5.74, 6) is -1.84. The molecule has 0 aromatic heterocycles. The molecule has 36 heavy (non-hydrogen) atoms. The minimum absolute atomic E-state index is 0.0289. The van der Waals surface area contributed by atoms with E-state index in [0.717, 1.165) is 0 Å². The van der Waals surface area contributed by atoms with Gasteiger partial charge in [0, 0.05) is 11.6 Å². The summed E-state index contributed by atoms with van der Waals surface area (Å²) in [5.41, 5.74) is 5.79. The Morgan fingerprint density at radius 3 is 2.42 bits per heavy atom. The lowest BCUT2D eigenvalue weighted by Gasteiger charge is -2.14. The third kappa shape index (κ3) is 5.66. The zero-order chi connectivity index (χ0) is 26.4. The van der Waals surface area contributed by atoms with Crippen molar-refractivity contribution in [1.82, 2.24) is 5.32 Å². The van der Waals surface area contributed by atoms with Crippen molar-refractivity contribution < 1.29 is 48.0 Å². The molecule has 0 saturated heterocycles. The van der Waals surface area contributed by atoms with Gasteiger partial charge in [0.2, 0.25) is 17.4 Å². The van der Waals surface area contributed by atoms with Gasteiger partial charge < -0.3 is 39.8 Å². The Hall–Kier alpha value is -4.74. The number of nitrogens with two attached hydrogens (primary N) is 1. The average Bonchev–Trinajstić information content (AvgIpc) is 3.15. The van der Waals surface area contributed by atoms with Crippen LogP contribution < -0.4 is 34.7 Å². The van der Waals surface area contributed by atoms with E-state index in [0.29, 0.717) is 22.8 Å². The first-order valence-corrected chi connectivity index (χ1v) is 10.5. The number of carbonyl (C=O) groups excluding carboxylic acids is 3. The number of primary amides is 1. The number of methoxy groups -OCH3 is 3. The fraction of sp³-hybridized carbons (Fsp3) is 0.250. The second-order valence-electron chi connectivity index (χ2n) is 7.44. The van der Waals surface area contributed by atoms with Gasteiger partial charge in [0.25, 0.3) is 5.91 Å². The zero-order valence-corrected chi connectivity index (χ0v) is 19.7. The summed E-state index contributed by atoms with van der Waals surface area (Å²) in [5, 5.41) is 11.2. The molecule has 2 aromatic rings. The fourth-order valence-corrected chi connectivity index (χ4v) is 3.42. The molecule has 0 radical (unpaired) electrons. The molecule has 1 atom stereocenters. The van der Waals surface area contributed by atoms with Gasteiger partial charge in [-0.15, -0.1) is 0 Å². The van der Waals surface area contributed by atoms with Crippen LogP contribution in [0, 0.1) is 0 Å². The highest BCUT2D eigenvalue weighted by Crippen LogP contribution is 2.42. The van der Waals surface area contributed by atoms with Crippen LogP contribution in [-0.2, 0) is 14.4 Å². The smallest absolute Gasteiger partial charge is 0.326 e. The first-order chi connectivity index (χ1) is 17.2. The highest BCUT2D eigenvalue weighted by Gasteiger charge is 2.29. The van der Waals surface area contributed by atoms with Crippen LogP contribution >= 0.6 is 0 Å². The van der Waals surface area contributed by atoms with E-state index in [-0.39, 0.29) is 28.6 Å². The van der Waals surface area contributed by atoms with Gasteiger partial charge >= 0.3 is 5.97 Å². The fourth-order valence-electron chi connectivity index (χ4n) is 3.42. The highest BCUT2D eigenvalue weighted by molar-refractivity contribution is 6.14.